The zero-order valence-electron chi connectivity index (χ0n) is 17.9. The molecule has 1 spiro atoms. The highest BCUT2D eigenvalue weighted by molar-refractivity contribution is 6.29. The number of carbonyl (C=O) groups is 1. The van der Waals surface area contributed by atoms with Crippen molar-refractivity contribution in [2.24, 2.45) is 0 Å². The Morgan fingerprint density at radius 3 is 2.50 bits per heavy atom. The van der Waals surface area contributed by atoms with Gasteiger partial charge in [-0.25, -0.2) is 4.98 Å². The van der Waals surface area contributed by atoms with Crippen LogP contribution in [0.4, 0.5) is 0 Å². The second kappa shape index (κ2) is 9.02. The molecule has 0 N–H and O–H groups in total. The Hall–Kier alpha value is -2.73. The van der Waals surface area contributed by atoms with E-state index in [4.69, 9.17) is 16.3 Å². The maximum Gasteiger partial charge on any atom is 0.255 e. The molecule has 0 radical (unpaired) electrons. The zero-order chi connectivity index (χ0) is 22.0. The van der Waals surface area contributed by atoms with E-state index in [2.05, 4.69) is 58.4 Å². The molecule has 1 amide bonds. The number of nitrogens with zero attached hydrogens (tertiary/aromatic N) is 3. The highest BCUT2D eigenvalue weighted by Gasteiger charge is 2.42. The summed E-state index contributed by atoms with van der Waals surface area (Å²) in [4.78, 5) is 21.1. The average Bonchev–Trinajstić information content (AvgIpc) is 3.22. The molecule has 5 rings (SSSR count). The number of rotatable bonds is 4. The fraction of sp³-hybridized carbons (Fsp3) is 0.308. The molecule has 2 fully saturated rings. The Balaban J connectivity index is 1.22. The van der Waals surface area contributed by atoms with Crippen LogP contribution in [0.25, 0.3) is 11.1 Å². The van der Waals surface area contributed by atoms with Gasteiger partial charge in [-0.3, -0.25) is 9.69 Å². The summed E-state index contributed by atoms with van der Waals surface area (Å²) < 4.78 is 6.32. The van der Waals surface area contributed by atoms with E-state index in [-0.39, 0.29) is 11.5 Å². The Kier molecular flexibility index (Phi) is 5.96. The van der Waals surface area contributed by atoms with Crippen LogP contribution in [0.1, 0.15) is 28.8 Å². The van der Waals surface area contributed by atoms with Crippen LogP contribution in [0.3, 0.4) is 0 Å². The zero-order valence-corrected chi connectivity index (χ0v) is 18.7. The minimum absolute atomic E-state index is 0.00987. The van der Waals surface area contributed by atoms with Crippen LogP contribution in [0.2, 0.25) is 5.15 Å². The summed E-state index contributed by atoms with van der Waals surface area (Å²) in [6, 6.07) is 22.5. The van der Waals surface area contributed by atoms with Gasteiger partial charge >= 0.3 is 0 Å². The largest absolute Gasteiger partial charge is 0.358 e. The first-order valence-electron chi connectivity index (χ1n) is 11.0. The van der Waals surface area contributed by atoms with Crippen LogP contribution in [-0.4, -0.2) is 52.7 Å². The van der Waals surface area contributed by atoms with Crippen LogP contribution < -0.4 is 0 Å². The second-order valence-electron chi connectivity index (χ2n) is 8.63. The summed E-state index contributed by atoms with van der Waals surface area (Å²) in [6.45, 7) is 3.75. The predicted octanol–water partition coefficient (Wildman–Crippen LogP) is 4.87. The van der Waals surface area contributed by atoms with Crippen molar-refractivity contribution in [1.29, 1.82) is 0 Å². The Bertz CT molecular complexity index is 1080. The van der Waals surface area contributed by atoms with Gasteiger partial charge in [-0.1, -0.05) is 66.2 Å². The van der Waals surface area contributed by atoms with Gasteiger partial charge in [0.1, 0.15) is 11.9 Å². The lowest BCUT2D eigenvalue weighted by Gasteiger charge is -2.38. The maximum absolute atomic E-state index is 12.8. The third-order valence-electron chi connectivity index (χ3n) is 6.50. The normalized spacial score (nSPS) is 18.2. The second-order valence-corrected chi connectivity index (χ2v) is 9.02. The molecule has 6 heteroatoms. The topological polar surface area (TPSA) is 45.7 Å². The van der Waals surface area contributed by atoms with Crippen molar-refractivity contribution in [3.63, 3.8) is 0 Å². The molecule has 0 atom stereocenters. The smallest absolute Gasteiger partial charge is 0.255 e. The van der Waals surface area contributed by atoms with Crippen molar-refractivity contribution < 1.29 is 9.53 Å². The number of piperidine rings is 1. The minimum Gasteiger partial charge on any atom is -0.358 e. The molecule has 0 aliphatic carbocycles. The van der Waals surface area contributed by atoms with Gasteiger partial charge in [0.05, 0.1) is 11.2 Å². The van der Waals surface area contributed by atoms with E-state index in [0.29, 0.717) is 30.5 Å². The van der Waals surface area contributed by atoms with E-state index in [1.807, 2.05) is 11.0 Å². The number of hydrogen-bond donors (Lipinski definition) is 0. The predicted molar refractivity (Wildman–Crippen MR) is 125 cm³/mol. The van der Waals surface area contributed by atoms with Gasteiger partial charge in [-0.2, -0.15) is 0 Å². The molecule has 5 nitrogen and oxygen atoms in total. The molecule has 164 valence electrons. The fourth-order valence-corrected chi connectivity index (χ4v) is 4.84. The van der Waals surface area contributed by atoms with Gasteiger partial charge in [0.25, 0.3) is 5.91 Å². The first-order valence-corrected chi connectivity index (χ1v) is 11.4. The van der Waals surface area contributed by atoms with Crippen molar-refractivity contribution in [2.75, 3.05) is 26.4 Å². The van der Waals surface area contributed by atoms with E-state index in [0.717, 1.165) is 25.9 Å². The molecule has 2 aliphatic heterocycles. The van der Waals surface area contributed by atoms with Crippen molar-refractivity contribution in [3.8, 4) is 11.1 Å². The number of aromatic nitrogens is 1. The summed E-state index contributed by atoms with van der Waals surface area (Å²) in [5.41, 5.74) is 4.22. The van der Waals surface area contributed by atoms with Gasteiger partial charge in [0, 0.05) is 32.4 Å². The van der Waals surface area contributed by atoms with Gasteiger partial charge in [0.2, 0.25) is 0 Å². The average molecular weight is 448 g/mol. The molecular weight excluding hydrogens is 422 g/mol. The number of amides is 1. The number of likely N-dealkylation sites (tertiary alicyclic amines) is 1. The number of ether oxygens (including phenoxy) is 1. The minimum atomic E-state index is -0.170. The Morgan fingerprint density at radius 1 is 1.00 bits per heavy atom. The van der Waals surface area contributed by atoms with E-state index >= 15 is 0 Å². The molecular formula is C26H26ClN3O2. The van der Waals surface area contributed by atoms with Crippen LogP contribution in [0.15, 0.2) is 72.9 Å². The molecule has 3 heterocycles. The van der Waals surface area contributed by atoms with Crippen LogP contribution in [0, 0.1) is 0 Å². The molecule has 0 unspecified atom stereocenters. The summed E-state index contributed by atoms with van der Waals surface area (Å²) >= 11 is 5.84. The molecule has 2 aliphatic rings. The first kappa shape index (κ1) is 21.1. The lowest BCUT2D eigenvalue weighted by atomic mass is 9.90. The molecule has 2 aromatic carbocycles. The molecule has 0 bridgehead atoms. The molecule has 2 saturated heterocycles. The highest BCUT2D eigenvalue weighted by atomic mass is 35.5. The fourth-order valence-electron chi connectivity index (χ4n) is 4.73. The maximum atomic E-state index is 12.8. The molecule has 32 heavy (non-hydrogen) atoms. The monoisotopic (exact) mass is 447 g/mol. The van der Waals surface area contributed by atoms with Gasteiger partial charge in [-0.05, 0) is 41.7 Å². The van der Waals surface area contributed by atoms with Crippen molar-refractivity contribution >= 4 is 17.5 Å². The summed E-state index contributed by atoms with van der Waals surface area (Å²) in [5.74, 6) is 0.00987. The van der Waals surface area contributed by atoms with E-state index < -0.39 is 0 Å². The lowest BCUT2D eigenvalue weighted by molar-refractivity contribution is -0.0352. The van der Waals surface area contributed by atoms with Crippen molar-refractivity contribution in [1.82, 2.24) is 14.8 Å². The summed E-state index contributed by atoms with van der Waals surface area (Å²) in [7, 11) is 0. The van der Waals surface area contributed by atoms with Crippen LogP contribution >= 0.6 is 11.6 Å². The highest BCUT2D eigenvalue weighted by Crippen LogP contribution is 2.34. The van der Waals surface area contributed by atoms with Crippen LogP contribution in [-0.2, 0) is 11.3 Å². The molecule has 0 saturated carbocycles. The SMILES string of the molecule is O=C(c1ccc(Cl)nc1)N1CCC2(CC1)CN(Cc1ccccc1-c1ccccc1)CO2. The van der Waals surface area contributed by atoms with E-state index in [1.165, 1.54) is 16.7 Å². The number of halogens is 1. The standard InChI is InChI=1S/C26H26ClN3O2/c27-24-11-10-21(16-28-24)25(31)30-14-12-26(13-15-30)18-29(19-32-26)17-22-8-4-5-9-23(22)20-6-2-1-3-7-20/h1-11,16H,12-15,17-19H2. The quantitative estimate of drug-likeness (QED) is 0.535. The summed E-state index contributed by atoms with van der Waals surface area (Å²) in [5, 5.41) is 0.396. The lowest BCUT2D eigenvalue weighted by Crippen LogP contribution is -2.48. The van der Waals surface area contributed by atoms with E-state index in [1.54, 1.807) is 18.3 Å². The third kappa shape index (κ3) is 4.42. The number of carbonyl (C=O) groups excluding carboxylic acids is 1. The van der Waals surface area contributed by atoms with Gasteiger partial charge < -0.3 is 9.64 Å². The summed E-state index contributed by atoms with van der Waals surface area (Å²) in [6.07, 6.45) is 3.24. The van der Waals surface area contributed by atoms with Crippen molar-refractivity contribution in [3.05, 3.63) is 89.2 Å². The van der Waals surface area contributed by atoms with Crippen molar-refractivity contribution in [2.45, 2.75) is 25.0 Å². The first-order chi connectivity index (χ1) is 15.6. The van der Waals surface area contributed by atoms with Crippen LogP contribution in [0.5, 0.6) is 0 Å². The molecule has 3 aromatic rings. The third-order valence-corrected chi connectivity index (χ3v) is 6.72. The Labute approximate surface area is 193 Å². The van der Waals surface area contributed by atoms with E-state index in [9.17, 15) is 4.79 Å². The van der Waals surface area contributed by atoms with Gasteiger partial charge in [0.15, 0.2) is 0 Å². The number of pyridine rings is 1. The Morgan fingerprint density at radius 2 is 1.75 bits per heavy atom. The number of hydrogen-bond acceptors (Lipinski definition) is 4. The van der Waals surface area contributed by atoms with Gasteiger partial charge in [-0.15, -0.1) is 0 Å². The number of benzene rings is 2. The molecule has 1 aromatic heterocycles.